The van der Waals surface area contributed by atoms with Crippen molar-refractivity contribution in [3.05, 3.63) is 53.1 Å². The van der Waals surface area contributed by atoms with E-state index >= 15 is 0 Å². The number of nitrogens with two attached hydrogens (primary N) is 1. The van der Waals surface area contributed by atoms with Gasteiger partial charge in [-0.3, -0.25) is 0 Å². The molecule has 0 aliphatic heterocycles. The van der Waals surface area contributed by atoms with Crippen molar-refractivity contribution in [2.75, 3.05) is 7.11 Å². The van der Waals surface area contributed by atoms with E-state index in [4.69, 9.17) is 10.5 Å². The van der Waals surface area contributed by atoms with Gasteiger partial charge in [0.25, 0.3) is 0 Å². The van der Waals surface area contributed by atoms with E-state index in [1.807, 2.05) is 6.07 Å². The molecule has 2 rings (SSSR count). The fourth-order valence-electron chi connectivity index (χ4n) is 2.19. The first-order valence-electron chi connectivity index (χ1n) is 6.10. The Balaban J connectivity index is 2.57. The van der Waals surface area contributed by atoms with E-state index in [0.717, 1.165) is 16.9 Å². The van der Waals surface area contributed by atoms with E-state index in [1.165, 1.54) is 16.7 Å². The first-order valence-corrected chi connectivity index (χ1v) is 6.10. The van der Waals surface area contributed by atoms with Crippen molar-refractivity contribution in [1.29, 1.82) is 0 Å². The van der Waals surface area contributed by atoms with E-state index in [0.29, 0.717) is 6.54 Å². The van der Waals surface area contributed by atoms with Gasteiger partial charge < -0.3 is 10.5 Å². The lowest BCUT2D eigenvalue weighted by Gasteiger charge is -2.13. The van der Waals surface area contributed by atoms with Crippen LogP contribution in [-0.4, -0.2) is 7.11 Å². The van der Waals surface area contributed by atoms with Crippen molar-refractivity contribution in [1.82, 2.24) is 0 Å². The highest BCUT2D eigenvalue weighted by Gasteiger charge is 2.08. The second kappa shape index (κ2) is 5.23. The maximum absolute atomic E-state index is 5.66. The highest BCUT2D eigenvalue weighted by molar-refractivity contribution is 5.74. The molecule has 0 atom stereocenters. The summed E-state index contributed by atoms with van der Waals surface area (Å²) in [5.41, 5.74) is 11.6. The molecule has 0 bridgehead atoms. The molecule has 18 heavy (non-hydrogen) atoms. The molecule has 0 radical (unpaired) electrons. The van der Waals surface area contributed by atoms with Crippen LogP contribution in [0.1, 0.15) is 16.7 Å². The van der Waals surface area contributed by atoms with Crippen molar-refractivity contribution in [2.45, 2.75) is 20.4 Å². The van der Waals surface area contributed by atoms with E-state index in [2.05, 4.69) is 44.2 Å². The van der Waals surface area contributed by atoms with Crippen LogP contribution in [0, 0.1) is 13.8 Å². The Kier molecular flexibility index (Phi) is 3.68. The monoisotopic (exact) mass is 241 g/mol. The average molecular weight is 241 g/mol. The molecule has 0 fully saturated rings. The van der Waals surface area contributed by atoms with Crippen LogP contribution in [0.4, 0.5) is 0 Å². The van der Waals surface area contributed by atoms with Gasteiger partial charge in [0.1, 0.15) is 5.75 Å². The number of benzene rings is 2. The summed E-state index contributed by atoms with van der Waals surface area (Å²) in [5.74, 6) is 0.907. The van der Waals surface area contributed by atoms with Gasteiger partial charge in [0.2, 0.25) is 0 Å². The summed E-state index contributed by atoms with van der Waals surface area (Å²) < 4.78 is 5.44. The lowest BCUT2D eigenvalue weighted by Crippen LogP contribution is -1.97. The van der Waals surface area contributed by atoms with E-state index in [-0.39, 0.29) is 0 Å². The molecule has 2 N–H and O–H groups in total. The Morgan fingerprint density at radius 1 is 1.00 bits per heavy atom. The molecule has 94 valence electrons. The first kappa shape index (κ1) is 12.7. The molecule has 2 heteroatoms. The number of rotatable bonds is 3. The quantitative estimate of drug-likeness (QED) is 0.893. The van der Waals surface area contributed by atoms with Crippen LogP contribution < -0.4 is 10.5 Å². The maximum Gasteiger partial charge on any atom is 0.126 e. The number of hydrogen-bond donors (Lipinski definition) is 1. The normalized spacial score (nSPS) is 10.4. The minimum absolute atomic E-state index is 0.575. The number of aryl methyl sites for hydroxylation is 2. The highest BCUT2D eigenvalue weighted by Crippen LogP contribution is 2.33. The Morgan fingerprint density at radius 2 is 1.78 bits per heavy atom. The van der Waals surface area contributed by atoms with Gasteiger partial charge in [0, 0.05) is 12.1 Å². The van der Waals surface area contributed by atoms with Gasteiger partial charge in [0.15, 0.2) is 0 Å². The second-order valence-corrected chi connectivity index (χ2v) is 4.56. The number of hydrogen-bond acceptors (Lipinski definition) is 2. The number of methoxy groups -OCH3 is 1. The van der Waals surface area contributed by atoms with Gasteiger partial charge in [-0.2, -0.15) is 0 Å². The Labute approximate surface area is 108 Å². The summed E-state index contributed by atoms with van der Waals surface area (Å²) in [6.07, 6.45) is 0. The minimum Gasteiger partial charge on any atom is -0.496 e. The zero-order valence-electron chi connectivity index (χ0n) is 11.2. The smallest absolute Gasteiger partial charge is 0.126 e. The van der Waals surface area contributed by atoms with E-state index in [1.54, 1.807) is 7.11 Å². The van der Waals surface area contributed by atoms with Crippen molar-refractivity contribution in [3.8, 4) is 16.9 Å². The molecule has 2 aromatic carbocycles. The summed E-state index contributed by atoms with van der Waals surface area (Å²) >= 11 is 0. The largest absolute Gasteiger partial charge is 0.496 e. The predicted octanol–water partition coefficient (Wildman–Crippen LogP) is 3.44. The summed E-state index contributed by atoms with van der Waals surface area (Å²) in [5, 5.41) is 0. The lowest BCUT2D eigenvalue weighted by molar-refractivity contribution is 0.416. The third-order valence-electron chi connectivity index (χ3n) is 3.17. The van der Waals surface area contributed by atoms with Crippen molar-refractivity contribution < 1.29 is 4.74 Å². The van der Waals surface area contributed by atoms with Gasteiger partial charge in [-0.25, -0.2) is 0 Å². The van der Waals surface area contributed by atoms with Crippen LogP contribution in [0.5, 0.6) is 5.75 Å². The standard InChI is InChI=1S/C16H19NO/c1-11-4-7-16(18-3)15(8-11)14-6-5-13(10-17)9-12(14)2/h4-9H,10,17H2,1-3H3. The van der Waals surface area contributed by atoms with Gasteiger partial charge in [-0.15, -0.1) is 0 Å². The summed E-state index contributed by atoms with van der Waals surface area (Å²) in [6.45, 7) is 4.77. The fraction of sp³-hybridized carbons (Fsp3) is 0.250. The Hall–Kier alpha value is -1.80. The summed E-state index contributed by atoms with van der Waals surface area (Å²) in [6, 6.07) is 12.6. The SMILES string of the molecule is COc1ccc(C)cc1-c1ccc(CN)cc1C. The molecule has 0 spiro atoms. The van der Waals surface area contributed by atoms with Crippen LogP contribution >= 0.6 is 0 Å². The molecule has 0 saturated heterocycles. The van der Waals surface area contributed by atoms with Gasteiger partial charge in [-0.1, -0.05) is 29.8 Å². The highest BCUT2D eigenvalue weighted by atomic mass is 16.5. The molecule has 0 amide bonds. The summed E-state index contributed by atoms with van der Waals surface area (Å²) in [7, 11) is 1.71. The van der Waals surface area contributed by atoms with Crippen LogP contribution in [-0.2, 0) is 6.54 Å². The molecule has 0 saturated carbocycles. The van der Waals surface area contributed by atoms with Gasteiger partial charge in [0.05, 0.1) is 7.11 Å². The van der Waals surface area contributed by atoms with Crippen molar-refractivity contribution in [2.24, 2.45) is 5.73 Å². The van der Waals surface area contributed by atoms with Gasteiger partial charge in [-0.05, 0) is 42.7 Å². The zero-order valence-corrected chi connectivity index (χ0v) is 11.2. The Morgan fingerprint density at radius 3 is 2.39 bits per heavy atom. The van der Waals surface area contributed by atoms with Crippen molar-refractivity contribution in [3.63, 3.8) is 0 Å². The lowest BCUT2D eigenvalue weighted by atomic mass is 9.96. The number of ether oxygens (including phenoxy) is 1. The third kappa shape index (κ3) is 2.39. The summed E-state index contributed by atoms with van der Waals surface area (Å²) in [4.78, 5) is 0. The topological polar surface area (TPSA) is 35.2 Å². The van der Waals surface area contributed by atoms with Crippen LogP contribution in [0.2, 0.25) is 0 Å². The molecule has 2 aromatic rings. The molecular formula is C16H19NO. The molecule has 0 unspecified atom stereocenters. The fourth-order valence-corrected chi connectivity index (χ4v) is 2.19. The third-order valence-corrected chi connectivity index (χ3v) is 3.17. The Bertz CT molecular complexity index is 561. The first-order chi connectivity index (χ1) is 8.65. The second-order valence-electron chi connectivity index (χ2n) is 4.56. The van der Waals surface area contributed by atoms with Crippen molar-refractivity contribution >= 4 is 0 Å². The predicted molar refractivity (Wildman–Crippen MR) is 75.8 cm³/mol. The minimum atomic E-state index is 0.575. The van der Waals surface area contributed by atoms with Crippen LogP contribution in [0.3, 0.4) is 0 Å². The molecule has 0 aromatic heterocycles. The van der Waals surface area contributed by atoms with Crippen LogP contribution in [0.25, 0.3) is 11.1 Å². The molecule has 0 heterocycles. The molecule has 0 aliphatic rings. The van der Waals surface area contributed by atoms with E-state index < -0.39 is 0 Å². The van der Waals surface area contributed by atoms with Crippen LogP contribution in [0.15, 0.2) is 36.4 Å². The average Bonchev–Trinajstić information content (AvgIpc) is 2.38. The molecule has 2 nitrogen and oxygen atoms in total. The van der Waals surface area contributed by atoms with E-state index in [9.17, 15) is 0 Å². The maximum atomic E-state index is 5.66. The van der Waals surface area contributed by atoms with Gasteiger partial charge >= 0.3 is 0 Å². The zero-order chi connectivity index (χ0) is 13.1. The molecular weight excluding hydrogens is 222 g/mol. The molecule has 0 aliphatic carbocycles.